The lowest BCUT2D eigenvalue weighted by atomic mass is 10.2. The van der Waals surface area contributed by atoms with Gasteiger partial charge in [-0.1, -0.05) is 23.2 Å². The molecule has 0 atom stereocenters. The number of ether oxygens (including phenoxy) is 1. The van der Waals surface area contributed by atoms with Crippen LogP contribution in [-0.4, -0.2) is 12.1 Å². The van der Waals surface area contributed by atoms with Gasteiger partial charge in [0.25, 0.3) is 0 Å². The smallest absolute Gasteiger partial charge is 0.399 e. The molecule has 0 aliphatic heterocycles. The fraction of sp³-hybridized carbons (Fsp3) is 0.300. The Hall–Kier alpha value is -0.940. The van der Waals surface area contributed by atoms with Crippen molar-refractivity contribution in [3.8, 4) is 0 Å². The van der Waals surface area contributed by atoms with Crippen LogP contribution in [-0.2, 0) is 16.1 Å². The van der Waals surface area contributed by atoms with Gasteiger partial charge in [0.1, 0.15) is 13.0 Å². The molecule has 2 nitrogen and oxygen atoms in total. The lowest BCUT2D eigenvalue weighted by Gasteiger charge is -2.07. The van der Waals surface area contributed by atoms with Gasteiger partial charge in [0, 0.05) is 10.0 Å². The van der Waals surface area contributed by atoms with E-state index in [-0.39, 0.29) is 6.61 Å². The molecule has 0 N–H and O–H groups in total. The van der Waals surface area contributed by atoms with Crippen LogP contribution in [0.4, 0.5) is 13.2 Å². The van der Waals surface area contributed by atoms with Crippen LogP contribution in [0.5, 0.6) is 0 Å². The highest BCUT2D eigenvalue weighted by molar-refractivity contribution is 6.34. The van der Waals surface area contributed by atoms with E-state index < -0.39 is 18.6 Å². The van der Waals surface area contributed by atoms with E-state index in [9.17, 15) is 18.0 Å². The number of rotatable bonds is 3. The number of benzene rings is 1. The van der Waals surface area contributed by atoms with Crippen LogP contribution in [0.15, 0.2) is 18.2 Å². The summed E-state index contributed by atoms with van der Waals surface area (Å²) in [6.45, 7) is -0.296. The van der Waals surface area contributed by atoms with Crippen molar-refractivity contribution in [2.45, 2.75) is 19.2 Å². The normalized spacial score (nSPS) is 11.4. The number of alkyl halides is 3. The summed E-state index contributed by atoms with van der Waals surface area (Å²) < 4.78 is 39.9. The summed E-state index contributed by atoms with van der Waals surface area (Å²) >= 11 is 11.3. The van der Waals surface area contributed by atoms with E-state index in [2.05, 4.69) is 4.74 Å². The Morgan fingerprint density at radius 3 is 2.18 bits per heavy atom. The summed E-state index contributed by atoms with van der Waals surface area (Å²) in [5.74, 6) is -1.34. The average molecular weight is 287 g/mol. The predicted molar refractivity (Wildman–Crippen MR) is 56.9 cm³/mol. The molecule has 0 fully saturated rings. The molecule has 0 saturated heterocycles. The van der Waals surface area contributed by atoms with Crippen molar-refractivity contribution in [1.82, 2.24) is 0 Å². The van der Waals surface area contributed by atoms with E-state index in [1.54, 1.807) is 0 Å². The zero-order valence-electron chi connectivity index (χ0n) is 8.35. The van der Waals surface area contributed by atoms with Gasteiger partial charge in [0.15, 0.2) is 0 Å². The maximum absolute atomic E-state index is 11.8. The Labute approximate surface area is 105 Å². The maximum Gasteiger partial charge on any atom is 0.399 e. The van der Waals surface area contributed by atoms with E-state index in [0.29, 0.717) is 15.6 Å². The molecule has 0 saturated carbocycles. The Balaban J connectivity index is 2.53. The molecule has 1 rings (SSSR count). The second kappa shape index (κ2) is 5.60. The van der Waals surface area contributed by atoms with E-state index >= 15 is 0 Å². The molecule has 0 unspecified atom stereocenters. The number of carbonyl (C=O) groups is 1. The summed E-state index contributed by atoms with van der Waals surface area (Å²) in [4.78, 5) is 10.8. The number of halogens is 5. The Morgan fingerprint density at radius 2 is 1.71 bits per heavy atom. The van der Waals surface area contributed by atoms with Gasteiger partial charge in [-0.3, -0.25) is 4.79 Å². The molecule has 7 heteroatoms. The molecule has 1 aromatic carbocycles. The highest BCUT2D eigenvalue weighted by Gasteiger charge is 2.32. The lowest BCUT2D eigenvalue weighted by Crippen LogP contribution is -2.17. The zero-order chi connectivity index (χ0) is 13.1. The van der Waals surface area contributed by atoms with E-state index in [4.69, 9.17) is 23.2 Å². The standard InChI is InChI=1S/C10H7Cl2F3O2/c11-7-1-6(2-8(12)3-7)5-17-9(16)4-10(13,14)15/h1-3H,4-5H2. The molecular weight excluding hydrogens is 280 g/mol. The Morgan fingerprint density at radius 1 is 1.18 bits per heavy atom. The second-order valence-electron chi connectivity index (χ2n) is 3.23. The van der Waals surface area contributed by atoms with Gasteiger partial charge in [0.05, 0.1) is 0 Å². The van der Waals surface area contributed by atoms with Crippen LogP contribution in [0.25, 0.3) is 0 Å². The van der Waals surface area contributed by atoms with Crippen molar-refractivity contribution >= 4 is 29.2 Å². The molecule has 17 heavy (non-hydrogen) atoms. The maximum atomic E-state index is 11.8. The summed E-state index contributed by atoms with van der Waals surface area (Å²) in [6.07, 6.45) is -6.18. The Bertz CT molecular complexity index is 398. The number of hydrogen-bond acceptors (Lipinski definition) is 2. The molecule has 0 bridgehead atoms. The fourth-order valence-electron chi connectivity index (χ4n) is 1.07. The first kappa shape index (κ1) is 14.1. The zero-order valence-corrected chi connectivity index (χ0v) is 9.86. The minimum atomic E-state index is -4.57. The first-order valence-corrected chi connectivity index (χ1v) is 5.19. The van der Waals surface area contributed by atoms with Crippen molar-refractivity contribution in [3.05, 3.63) is 33.8 Å². The largest absolute Gasteiger partial charge is 0.461 e. The summed E-state index contributed by atoms with van der Waals surface area (Å²) in [7, 11) is 0. The van der Waals surface area contributed by atoms with Gasteiger partial charge in [-0.15, -0.1) is 0 Å². The van der Waals surface area contributed by atoms with Gasteiger partial charge < -0.3 is 4.74 Å². The fourth-order valence-corrected chi connectivity index (χ4v) is 1.64. The summed E-state index contributed by atoms with van der Waals surface area (Å²) in [6, 6.07) is 4.37. The van der Waals surface area contributed by atoms with Crippen molar-refractivity contribution in [1.29, 1.82) is 0 Å². The predicted octanol–water partition coefficient (Wildman–Crippen LogP) is 3.99. The molecule has 0 aliphatic carbocycles. The van der Waals surface area contributed by atoms with Crippen molar-refractivity contribution < 1.29 is 22.7 Å². The van der Waals surface area contributed by atoms with Crippen LogP contribution >= 0.6 is 23.2 Å². The molecule has 94 valence electrons. The minimum Gasteiger partial charge on any atom is -0.461 e. The van der Waals surface area contributed by atoms with Crippen LogP contribution in [0.1, 0.15) is 12.0 Å². The molecule has 0 spiro atoms. The van der Waals surface area contributed by atoms with Crippen molar-refractivity contribution in [2.24, 2.45) is 0 Å². The van der Waals surface area contributed by atoms with Crippen molar-refractivity contribution in [3.63, 3.8) is 0 Å². The van der Waals surface area contributed by atoms with Crippen molar-refractivity contribution in [2.75, 3.05) is 0 Å². The number of esters is 1. The van der Waals surface area contributed by atoms with Crippen LogP contribution < -0.4 is 0 Å². The molecule has 0 aromatic heterocycles. The topological polar surface area (TPSA) is 26.3 Å². The third-order valence-electron chi connectivity index (χ3n) is 1.67. The molecule has 0 radical (unpaired) electrons. The second-order valence-corrected chi connectivity index (χ2v) is 4.10. The quantitative estimate of drug-likeness (QED) is 0.786. The number of hydrogen-bond donors (Lipinski definition) is 0. The molecule has 0 heterocycles. The minimum absolute atomic E-state index is 0.296. The van der Waals surface area contributed by atoms with Crippen LogP contribution in [0, 0.1) is 0 Å². The van der Waals surface area contributed by atoms with Gasteiger partial charge >= 0.3 is 12.1 Å². The molecule has 0 aliphatic rings. The highest BCUT2D eigenvalue weighted by Crippen LogP contribution is 2.22. The van der Waals surface area contributed by atoms with Gasteiger partial charge in [-0.25, -0.2) is 0 Å². The number of carbonyl (C=O) groups excluding carboxylic acids is 1. The average Bonchev–Trinajstić information content (AvgIpc) is 2.10. The van der Waals surface area contributed by atoms with Crippen LogP contribution in [0.2, 0.25) is 10.0 Å². The molecular formula is C10H7Cl2F3O2. The molecule has 0 amide bonds. The first-order chi connectivity index (χ1) is 7.76. The summed E-state index contributed by atoms with van der Waals surface area (Å²) in [5, 5.41) is 0.638. The lowest BCUT2D eigenvalue weighted by molar-refractivity contribution is -0.172. The third kappa shape index (κ3) is 5.79. The molecule has 1 aromatic rings. The van der Waals surface area contributed by atoms with Gasteiger partial charge in [0.2, 0.25) is 0 Å². The first-order valence-electron chi connectivity index (χ1n) is 4.43. The van der Waals surface area contributed by atoms with Gasteiger partial charge in [-0.2, -0.15) is 13.2 Å². The monoisotopic (exact) mass is 286 g/mol. The van der Waals surface area contributed by atoms with E-state index in [1.165, 1.54) is 18.2 Å². The third-order valence-corrected chi connectivity index (χ3v) is 2.10. The SMILES string of the molecule is O=C(CC(F)(F)F)OCc1cc(Cl)cc(Cl)c1. The van der Waals surface area contributed by atoms with E-state index in [1.807, 2.05) is 0 Å². The Kier molecular flexibility index (Phi) is 4.65. The van der Waals surface area contributed by atoms with Crippen LogP contribution in [0.3, 0.4) is 0 Å². The highest BCUT2D eigenvalue weighted by atomic mass is 35.5. The van der Waals surface area contributed by atoms with E-state index in [0.717, 1.165) is 0 Å². The van der Waals surface area contributed by atoms with Gasteiger partial charge in [-0.05, 0) is 23.8 Å². The summed E-state index contributed by atoms with van der Waals surface area (Å²) in [5.41, 5.74) is 0.429.